The van der Waals surface area contributed by atoms with E-state index in [9.17, 15) is 0 Å². The first-order valence-electron chi connectivity index (χ1n) is 6.30. The van der Waals surface area contributed by atoms with E-state index in [1.807, 2.05) is 12.1 Å². The molecular formula is C14H21NO2. The van der Waals surface area contributed by atoms with Crippen molar-refractivity contribution in [3.63, 3.8) is 0 Å². The Balaban J connectivity index is 1.79. The van der Waals surface area contributed by atoms with Crippen molar-refractivity contribution in [2.75, 3.05) is 20.3 Å². The van der Waals surface area contributed by atoms with Gasteiger partial charge in [0.15, 0.2) is 0 Å². The molecule has 0 fully saturated rings. The molecule has 2 unspecified atom stereocenters. The topological polar surface area (TPSA) is 30.5 Å². The highest BCUT2D eigenvalue weighted by molar-refractivity contribution is 5.37. The lowest BCUT2D eigenvalue weighted by atomic mass is 10.1. The van der Waals surface area contributed by atoms with Crippen molar-refractivity contribution in [3.05, 3.63) is 29.8 Å². The average molecular weight is 235 g/mol. The third-order valence-corrected chi connectivity index (χ3v) is 3.21. The lowest BCUT2D eigenvalue weighted by molar-refractivity contribution is 0.152. The molecule has 3 nitrogen and oxygen atoms in total. The molecule has 0 bridgehead atoms. The number of methoxy groups -OCH3 is 1. The summed E-state index contributed by atoms with van der Waals surface area (Å²) >= 11 is 0. The van der Waals surface area contributed by atoms with Crippen LogP contribution >= 0.6 is 0 Å². The van der Waals surface area contributed by atoms with E-state index < -0.39 is 0 Å². The van der Waals surface area contributed by atoms with E-state index in [0.717, 1.165) is 31.7 Å². The Morgan fingerprint density at radius 1 is 1.47 bits per heavy atom. The summed E-state index contributed by atoms with van der Waals surface area (Å²) in [5.41, 5.74) is 1.32. The molecule has 0 saturated carbocycles. The van der Waals surface area contributed by atoms with Gasteiger partial charge in [0, 0.05) is 26.1 Å². The highest BCUT2D eigenvalue weighted by Gasteiger charge is 2.22. The summed E-state index contributed by atoms with van der Waals surface area (Å²) in [6.45, 7) is 3.81. The predicted octanol–water partition coefficient (Wildman–Crippen LogP) is 2.00. The van der Waals surface area contributed by atoms with Gasteiger partial charge < -0.3 is 14.8 Å². The van der Waals surface area contributed by atoms with E-state index in [1.54, 1.807) is 7.11 Å². The van der Waals surface area contributed by atoms with Gasteiger partial charge in [-0.15, -0.1) is 0 Å². The van der Waals surface area contributed by atoms with E-state index in [4.69, 9.17) is 9.47 Å². The van der Waals surface area contributed by atoms with Crippen LogP contribution in [-0.2, 0) is 11.2 Å². The monoisotopic (exact) mass is 235 g/mol. The van der Waals surface area contributed by atoms with E-state index >= 15 is 0 Å². The van der Waals surface area contributed by atoms with Crippen LogP contribution in [0.4, 0.5) is 0 Å². The number of ether oxygens (including phenoxy) is 2. The van der Waals surface area contributed by atoms with Gasteiger partial charge >= 0.3 is 0 Å². The molecule has 0 aliphatic carbocycles. The molecule has 1 aromatic carbocycles. The Morgan fingerprint density at radius 3 is 3.00 bits per heavy atom. The number of hydrogen-bond donors (Lipinski definition) is 1. The number of nitrogens with one attached hydrogen (secondary N) is 1. The quantitative estimate of drug-likeness (QED) is 0.818. The molecule has 2 rings (SSSR count). The summed E-state index contributed by atoms with van der Waals surface area (Å²) in [7, 11) is 1.74. The number of rotatable bonds is 6. The van der Waals surface area contributed by atoms with Crippen molar-refractivity contribution in [3.8, 4) is 5.75 Å². The van der Waals surface area contributed by atoms with E-state index in [1.165, 1.54) is 5.56 Å². The van der Waals surface area contributed by atoms with Crippen LogP contribution < -0.4 is 10.1 Å². The number of para-hydroxylation sites is 1. The lowest BCUT2D eigenvalue weighted by Crippen LogP contribution is -2.39. The van der Waals surface area contributed by atoms with E-state index in [2.05, 4.69) is 24.4 Å². The van der Waals surface area contributed by atoms with Crippen LogP contribution in [0, 0.1) is 0 Å². The molecule has 17 heavy (non-hydrogen) atoms. The fraction of sp³-hybridized carbons (Fsp3) is 0.571. The summed E-state index contributed by atoms with van der Waals surface area (Å²) in [5, 5.41) is 3.50. The molecule has 1 aliphatic heterocycles. The number of fused-ring (bicyclic) bond motifs is 1. The van der Waals surface area contributed by atoms with Crippen LogP contribution in [-0.4, -0.2) is 32.4 Å². The molecule has 0 aromatic heterocycles. The zero-order chi connectivity index (χ0) is 12.1. The summed E-state index contributed by atoms with van der Waals surface area (Å²) in [6.07, 6.45) is 2.35. The highest BCUT2D eigenvalue weighted by Crippen LogP contribution is 2.27. The van der Waals surface area contributed by atoms with Crippen molar-refractivity contribution in [2.45, 2.75) is 31.9 Å². The Hall–Kier alpha value is -1.06. The minimum absolute atomic E-state index is 0.262. The Morgan fingerprint density at radius 2 is 2.29 bits per heavy atom. The Bertz CT molecular complexity index is 329. The number of benzene rings is 1. The van der Waals surface area contributed by atoms with Gasteiger partial charge in [0.2, 0.25) is 0 Å². The van der Waals surface area contributed by atoms with E-state index in [0.29, 0.717) is 6.04 Å². The van der Waals surface area contributed by atoms with Gasteiger partial charge in [-0.25, -0.2) is 0 Å². The molecule has 1 N–H and O–H groups in total. The molecule has 2 atom stereocenters. The molecule has 94 valence electrons. The molecule has 1 heterocycles. The maximum atomic E-state index is 5.88. The molecule has 3 heteroatoms. The van der Waals surface area contributed by atoms with Crippen molar-refractivity contribution >= 4 is 0 Å². The minimum atomic E-state index is 0.262. The number of hydrogen-bond acceptors (Lipinski definition) is 3. The summed E-state index contributed by atoms with van der Waals surface area (Å²) < 4.78 is 11.0. The Labute approximate surface area is 103 Å². The van der Waals surface area contributed by atoms with Gasteiger partial charge in [0.25, 0.3) is 0 Å². The lowest BCUT2D eigenvalue weighted by Gasteiger charge is -2.18. The second-order valence-corrected chi connectivity index (χ2v) is 4.52. The smallest absolute Gasteiger partial charge is 0.123 e. The van der Waals surface area contributed by atoms with Crippen molar-refractivity contribution < 1.29 is 9.47 Å². The molecule has 0 saturated heterocycles. The highest BCUT2D eigenvalue weighted by atomic mass is 16.5. The predicted molar refractivity (Wildman–Crippen MR) is 68.5 cm³/mol. The van der Waals surface area contributed by atoms with Crippen LogP contribution in [0.25, 0.3) is 0 Å². The molecule has 1 aliphatic rings. The van der Waals surface area contributed by atoms with Gasteiger partial charge in [-0.1, -0.05) is 25.1 Å². The average Bonchev–Trinajstić information content (AvgIpc) is 2.77. The first-order valence-corrected chi connectivity index (χ1v) is 6.30. The zero-order valence-electron chi connectivity index (χ0n) is 10.6. The van der Waals surface area contributed by atoms with Crippen LogP contribution in [0.5, 0.6) is 5.75 Å². The first kappa shape index (κ1) is 12.4. The van der Waals surface area contributed by atoms with Gasteiger partial charge in [0.1, 0.15) is 11.9 Å². The fourth-order valence-electron chi connectivity index (χ4n) is 2.19. The molecular weight excluding hydrogens is 214 g/mol. The maximum absolute atomic E-state index is 5.88. The second-order valence-electron chi connectivity index (χ2n) is 4.52. The van der Waals surface area contributed by atoms with Crippen molar-refractivity contribution in [1.29, 1.82) is 0 Å². The Kier molecular flexibility index (Phi) is 4.40. The second kappa shape index (κ2) is 6.03. The maximum Gasteiger partial charge on any atom is 0.123 e. The van der Waals surface area contributed by atoms with Crippen molar-refractivity contribution in [2.24, 2.45) is 0 Å². The molecule has 0 spiro atoms. The summed E-state index contributed by atoms with van der Waals surface area (Å²) in [5.74, 6) is 1.04. The van der Waals surface area contributed by atoms with Crippen LogP contribution in [0.15, 0.2) is 24.3 Å². The van der Waals surface area contributed by atoms with Crippen LogP contribution in [0.3, 0.4) is 0 Å². The van der Waals surface area contributed by atoms with E-state index in [-0.39, 0.29) is 6.10 Å². The van der Waals surface area contributed by atoms with Gasteiger partial charge in [-0.2, -0.15) is 0 Å². The van der Waals surface area contributed by atoms with Crippen LogP contribution in [0.1, 0.15) is 18.9 Å². The third kappa shape index (κ3) is 3.20. The SMILES string of the molecule is CCC(COC)NCC1Cc2ccccc2O1. The van der Waals surface area contributed by atoms with Gasteiger partial charge in [0.05, 0.1) is 6.61 Å². The minimum Gasteiger partial charge on any atom is -0.488 e. The molecule has 0 radical (unpaired) electrons. The molecule has 1 aromatic rings. The zero-order valence-corrected chi connectivity index (χ0v) is 10.6. The third-order valence-electron chi connectivity index (χ3n) is 3.21. The first-order chi connectivity index (χ1) is 8.33. The standard InChI is InChI=1S/C14H21NO2/c1-3-12(10-16-2)15-9-13-8-11-6-4-5-7-14(11)17-13/h4-7,12-13,15H,3,8-10H2,1-2H3. The summed E-state index contributed by atoms with van der Waals surface area (Å²) in [6, 6.07) is 8.70. The normalized spacial score (nSPS) is 19.8. The largest absolute Gasteiger partial charge is 0.488 e. The van der Waals surface area contributed by atoms with Gasteiger partial charge in [-0.3, -0.25) is 0 Å². The van der Waals surface area contributed by atoms with Gasteiger partial charge in [-0.05, 0) is 18.1 Å². The van der Waals surface area contributed by atoms with Crippen molar-refractivity contribution in [1.82, 2.24) is 5.32 Å². The fourth-order valence-corrected chi connectivity index (χ4v) is 2.19. The van der Waals surface area contributed by atoms with Crippen LogP contribution in [0.2, 0.25) is 0 Å². The molecule has 0 amide bonds. The summed E-state index contributed by atoms with van der Waals surface area (Å²) in [4.78, 5) is 0.